The Morgan fingerprint density at radius 1 is 1.50 bits per heavy atom. The van der Waals surface area contributed by atoms with Crippen LogP contribution in [0.25, 0.3) is 0 Å². The minimum atomic E-state index is -1.61. The molecule has 2 N–H and O–H groups in total. The van der Waals surface area contributed by atoms with Crippen LogP contribution >= 0.6 is 27.7 Å². The molecule has 1 fully saturated rings. The van der Waals surface area contributed by atoms with Gasteiger partial charge >= 0.3 is 11.9 Å². The lowest BCUT2D eigenvalue weighted by atomic mass is 9.98. The van der Waals surface area contributed by atoms with E-state index in [4.69, 9.17) is 9.47 Å². The number of hydrogen-bond acceptors (Lipinski definition) is 7. The highest BCUT2D eigenvalue weighted by atomic mass is 79.9. The quantitative estimate of drug-likeness (QED) is 0.258. The molecule has 0 aromatic heterocycles. The number of β-lactam (4-membered cyclic amide) rings is 1. The first kappa shape index (κ1) is 18.7. The zero-order valence-corrected chi connectivity index (χ0v) is 15.2. The summed E-state index contributed by atoms with van der Waals surface area (Å²) in [6, 6.07) is 0. The first-order chi connectivity index (χ1) is 11.3. The van der Waals surface area contributed by atoms with Gasteiger partial charge in [0, 0.05) is 25.4 Å². The van der Waals surface area contributed by atoms with E-state index < -0.39 is 34.9 Å². The lowest BCUT2D eigenvalue weighted by Crippen LogP contribution is -2.80. The van der Waals surface area contributed by atoms with Crippen LogP contribution in [0.2, 0.25) is 0 Å². The Balaban J connectivity index is 2.32. The van der Waals surface area contributed by atoms with Gasteiger partial charge in [0.15, 0.2) is 0 Å². The number of thioether (sulfide) groups is 1. The second-order valence-electron chi connectivity index (χ2n) is 5.00. The van der Waals surface area contributed by atoms with E-state index in [0.29, 0.717) is 5.57 Å². The number of alkyl halides is 1. The Hall–Kier alpha value is -1.59. The van der Waals surface area contributed by atoms with Crippen LogP contribution in [0.15, 0.2) is 11.3 Å². The highest BCUT2D eigenvalue weighted by molar-refractivity contribution is 9.09. The van der Waals surface area contributed by atoms with Crippen molar-refractivity contribution in [2.45, 2.75) is 18.0 Å². The Bertz CT molecular complexity index is 638. The smallest absolute Gasteiger partial charge is 0.352 e. The third kappa shape index (κ3) is 3.03. The van der Waals surface area contributed by atoms with Gasteiger partial charge < -0.3 is 19.9 Å². The van der Waals surface area contributed by atoms with E-state index in [0.717, 1.165) is 4.90 Å². The van der Waals surface area contributed by atoms with E-state index in [2.05, 4.69) is 21.2 Å². The van der Waals surface area contributed by atoms with E-state index in [-0.39, 0.29) is 23.4 Å². The molecule has 0 bridgehead atoms. The highest BCUT2D eigenvalue weighted by Crippen LogP contribution is 2.46. The van der Waals surface area contributed by atoms with Crippen molar-refractivity contribution in [1.29, 1.82) is 0 Å². The van der Waals surface area contributed by atoms with Crippen LogP contribution in [-0.2, 0) is 28.7 Å². The molecule has 2 heterocycles. The van der Waals surface area contributed by atoms with Gasteiger partial charge in [-0.1, -0.05) is 15.9 Å². The number of aliphatic carboxylic acids is 1. The third-order valence-electron chi connectivity index (χ3n) is 3.53. The number of rotatable bonds is 6. The zero-order valence-electron chi connectivity index (χ0n) is 12.8. The molecular weight excluding hydrogens is 408 g/mol. The standard InChI is InChI=1S/C13H15BrN2O7S/c1-6(17)23-4-7-5-24-12-13(22-2,15-8(18)3-14)11(21)16(12)9(7)10(19)20/h12H,3-5H2,1-2H3,(H,15,18)(H,19,20)/t12?,13-/m0/s1. The lowest BCUT2D eigenvalue weighted by Gasteiger charge is -2.55. The van der Waals surface area contributed by atoms with Gasteiger partial charge in [-0.2, -0.15) is 0 Å². The molecule has 132 valence electrons. The van der Waals surface area contributed by atoms with E-state index in [1.165, 1.54) is 25.8 Å². The van der Waals surface area contributed by atoms with Gasteiger partial charge in [0.05, 0.1) is 5.33 Å². The Morgan fingerprint density at radius 2 is 2.17 bits per heavy atom. The lowest BCUT2D eigenvalue weighted by molar-refractivity contribution is -0.192. The van der Waals surface area contributed by atoms with E-state index in [1.807, 2.05) is 0 Å². The number of hydrogen-bond donors (Lipinski definition) is 2. The molecule has 0 radical (unpaired) electrons. The van der Waals surface area contributed by atoms with Gasteiger partial charge in [0.1, 0.15) is 17.7 Å². The van der Waals surface area contributed by atoms with Crippen molar-refractivity contribution >= 4 is 51.4 Å². The summed E-state index contributed by atoms with van der Waals surface area (Å²) in [6.07, 6.45) is 0. The maximum absolute atomic E-state index is 12.6. The Morgan fingerprint density at radius 3 is 2.67 bits per heavy atom. The van der Waals surface area contributed by atoms with Gasteiger partial charge in [0.2, 0.25) is 5.91 Å². The first-order valence-electron chi connectivity index (χ1n) is 6.74. The second-order valence-corrected chi connectivity index (χ2v) is 6.63. The molecule has 2 atom stereocenters. The van der Waals surface area contributed by atoms with Gasteiger partial charge in [0.25, 0.3) is 11.6 Å². The van der Waals surface area contributed by atoms with Crippen molar-refractivity contribution in [2.75, 3.05) is 24.8 Å². The number of esters is 1. The number of carboxylic acids is 1. The maximum atomic E-state index is 12.6. The van der Waals surface area contributed by atoms with Gasteiger partial charge in [-0.25, -0.2) is 4.79 Å². The number of amides is 2. The molecule has 2 rings (SSSR count). The van der Waals surface area contributed by atoms with Crippen LogP contribution in [0, 0.1) is 0 Å². The van der Waals surface area contributed by atoms with Gasteiger partial charge in [-0.3, -0.25) is 19.3 Å². The minimum absolute atomic E-state index is 0.0257. The topological polar surface area (TPSA) is 122 Å². The van der Waals surface area contributed by atoms with Crippen molar-refractivity contribution in [3.8, 4) is 0 Å². The summed E-state index contributed by atoms with van der Waals surface area (Å²) < 4.78 is 10.1. The number of carbonyl (C=O) groups excluding carboxylic acids is 3. The van der Waals surface area contributed by atoms with Crippen LogP contribution < -0.4 is 5.32 Å². The van der Waals surface area contributed by atoms with Gasteiger partial charge in [-0.05, 0) is 0 Å². The summed E-state index contributed by atoms with van der Waals surface area (Å²) >= 11 is 4.20. The Kier molecular flexibility index (Phi) is 5.56. The summed E-state index contributed by atoms with van der Waals surface area (Å²) in [7, 11) is 1.27. The van der Waals surface area contributed by atoms with Crippen LogP contribution in [0.1, 0.15) is 6.92 Å². The largest absolute Gasteiger partial charge is 0.477 e. The van der Waals surface area contributed by atoms with Crippen LogP contribution in [0.3, 0.4) is 0 Å². The molecule has 2 aliphatic rings. The monoisotopic (exact) mass is 422 g/mol. The fourth-order valence-corrected chi connectivity index (χ4v) is 4.04. The SMILES string of the molecule is CO[C@@]1(NC(=O)CBr)C(=O)N2C(C(=O)O)=C(COC(C)=O)CSC21. The second kappa shape index (κ2) is 7.11. The summed E-state index contributed by atoms with van der Waals surface area (Å²) in [4.78, 5) is 47.8. The summed E-state index contributed by atoms with van der Waals surface area (Å²) in [5.41, 5.74) is -1.54. The number of halogens is 1. The van der Waals surface area contributed by atoms with Crippen LogP contribution in [-0.4, -0.2) is 69.7 Å². The summed E-state index contributed by atoms with van der Waals surface area (Å²) in [5, 5.41) is 11.2. The average molecular weight is 423 g/mol. The molecule has 1 saturated heterocycles. The van der Waals surface area contributed by atoms with E-state index in [9.17, 15) is 24.3 Å². The Labute approximate surface area is 149 Å². The number of ether oxygens (including phenoxy) is 2. The molecule has 0 aliphatic carbocycles. The maximum Gasteiger partial charge on any atom is 0.352 e. The zero-order chi connectivity index (χ0) is 18.1. The van der Waals surface area contributed by atoms with Gasteiger partial charge in [-0.15, -0.1) is 11.8 Å². The predicted molar refractivity (Wildman–Crippen MR) is 86.1 cm³/mol. The highest BCUT2D eigenvalue weighted by Gasteiger charge is 2.66. The molecule has 11 heteroatoms. The third-order valence-corrected chi connectivity index (χ3v) is 5.41. The normalized spacial score (nSPS) is 25.7. The molecular formula is C13H15BrN2O7S. The molecule has 1 unspecified atom stereocenters. The molecule has 0 spiro atoms. The van der Waals surface area contributed by atoms with Crippen molar-refractivity contribution < 1.29 is 33.8 Å². The number of nitrogens with zero attached hydrogens (tertiary/aromatic N) is 1. The van der Waals surface area contributed by atoms with Crippen molar-refractivity contribution in [1.82, 2.24) is 10.2 Å². The average Bonchev–Trinajstić information content (AvgIpc) is 2.55. The number of methoxy groups -OCH3 is 1. The molecule has 2 aliphatic heterocycles. The number of nitrogens with one attached hydrogen (secondary N) is 1. The van der Waals surface area contributed by atoms with Crippen molar-refractivity contribution in [3.05, 3.63) is 11.3 Å². The van der Waals surface area contributed by atoms with E-state index >= 15 is 0 Å². The van der Waals surface area contributed by atoms with Crippen LogP contribution in [0.5, 0.6) is 0 Å². The first-order valence-corrected chi connectivity index (χ1v) is 8.91. The molecule has 2 amide bonds. The van der Waals surface area contributed by atoms with Crippen LogP contribution in [0.4, 0.5) is 0 Å². The van der Waals surface area contributed by atoms with Crippen molar-refractivity contribution in [2.24, 2.45) is 0 Å². The fraction of sp³-hybridized carbons (Fsp3) is 0.538. The summed E-state index contributed by atoms with van der Waals surface area (Å²) in [5.74, 6) is -2.79. The predicted octanol–water partition coefficient (Wildman–Crippen LogP) is -0.343. The molecule has 0 saturated carbocycles. The molecule has 9 nitrogen and oxygen atoms in total. The fourth-order valence-electron chi connectivity index (χ4n) is 2.48. The number of carbonyl (C=O) groups is 4. The number of carboxylic acid groups (broad SMARTS) is 1. The number of fused-ring (bicyclic) bond motifs is 1. The molecule has 0 aromatic rings. The minimum Gasteiger partial charge on any atom is -0.477 e. The molecule has 0 aromatic carbocycles. The molecule has 24 heavy (non-hydrogen) atoms. The summed E-state index contributed by atoms with van der Waals surface area (Å²) in [6.45, 7) is 0.995. The van der Waals surface area contributed by atoms with E-state index in [1.54, 1.807) is 0 Å². The van der Waals surface area contributed by atoms with Crippen molar-refractivity contribution in [3.63, 3.8) is 0 Å².